The summed E-state index contributed by atoms with van der Waals surface area (Å²) >= 11 is 7.56. The number of halogens is 1. The Morgan fingerprint density at radius 2 is 1.90 bits per heavy atom. The average molecular weight is 326 g/mol. The molecule has 0 heterocycles. The van der Waals surface area contributed by atoms with Crippen molar-refractivity contribution in [1.82, 2.24) is 4.90 Å². The van der Waals surface area contributed by atoms with Gasteiger partial charge in [0.25, 0.3) is 0 Å². The van der Waals surface area contributed by atoms with Crippen molar-refractivity contribution in [1.29, 1.82) is 0 Å². The molecule has 2 rings (SSSR count). The molecule has 1 aliphatic carbocycles. The Bertz CT molecular complexity index is 456. The molecule has 116 valence electrons. The predicted octanol–water partition coefficient (Wildman–Crippen LogP) is 5.00. The first-order chi connectivity index (χ1) is 10.1. The molecule has 21 heavy (non-hydrogen) atoms. The van der Waals surface area contributed by atoms with Crippen LogP contribution in [0.2, 0.25) is 5.02 Å². The highest BCUT2D eigenvalue weighted by Gasteiger charge is 2.27. The van der Waals surface area contributed by atoms with E-state index < -0.39 is 0 Å². The van der Waals surface area contributed by atoms with E-state index in [2.05, 4.69) is 6.92 Å². The van der Waals surface area contributed by atoms with Crippen molar-refractivity contribution >= 4 is 29.3 Å². The van der Waals surface area contributed by atoms with Gasteiger partial charge in [0, 0.05) is 23.0 Å². The number of carbonyl (C=O) groups excluding carboxylic acids is 1. The van der Waals surface area contributed by atoms with Crippen LogP contribution in [0.15, 0.2) is 29.2 Å². The molecule has 0 aliphatic heterocycles. The number of nitrogens with zero attached hydrogens (tertiary/aromatic N) is 1. The van der Waals surface area contributed by atoms with Crippen LogP contribution in [-0.2, 0) is 4.79 Å². The molecule has 0 saturated heterocycles. The molecule has 1 fully saturated rings. The van der Waals surface area contributed by atoms with Crippen LogP contribution in [-0.4, -0.2) is 29.1 Å². The first-order valence-electron chi connectivity index (χ1n) is 7.80. The molecule has 1 aliphatic rings. The minimum absolute atomic E-state index is 0.00176. The standard InChI is InChI=1S/C17H24ClNOS/c1-3-16(21-15-11-9-13(18)10-12-15)17(20)19(2)14-7-5-4-6-8-14/h9-12,14,16H,3-8H2,1-2H3/t16-/m1/s1. The van der Waals surface area contributed by atoms with Gasteiger partial charge in [-0.2, -0.15) is 0 Å². The van der Waals surface area contributed by atoms with Crippen molar-refractivity contribution < 1.29 is 4.79 Å². The predicted molar refractivity (Wildman–Crippen MR) is 91.0 cm³/mol. The highest BCUT2D eigenvalue weighted by molar-refractivity contribution is 8.00. The second-order valence-electron chi connectivity index (χ2n) is 5.71. The lowest BCUT2D eigenvalue weighted by Gasteiger charge is -2.33. The van der Waals surface area contributed by atoms with Crippen LogP contribution in [0.3, 0.4) is 0 Å². The molecule has 1 atom stereocenters. The zero-order valence-electron chi connectivity index (χ0n) is 12.8. The van der Waals surface area contributed by atoms with E-state index in [9.17, 15) is 4.79 Å². The lowest BCUT2D eigenvalue weighted by Crippen LogP contribution is -2.42. The van der Waals surface area contributed by atoms with Gasteiger partial charge in [0.1, 0.15) is 0 Å². The molecule has 4 heteroatoms. The normalized spacial score (nSPS) is 17.5. The third-order valence-electron chi connectivity index (χ3n) is 4.21. The van der Waals surface area contributed by atoms with Crippen molar-refractivity contribution in [2.45, 2.75) is 61.6 Å². The van der Waals surface area contributed by atoms with Gasteiger partial charge in [-0.1, -0.05) is 37.8 Å². The fraction of sp³-hybridized carbons (Fsp3) is 0.588. The third-order valence-corrected chi connectivity index (χ3v) is 5.82. The highest BCUT2D eigenvalue weighted by atomic mass is 35.5. The van der Waals surface area contributed by atoms with Gasteiger partial charge < -0.3 is 4.90 Å². The number of amides is 1. The summed E-state index contributed by atoms with van der Waals surface area (Å²) in [7, 11) is 1.98. The Morgan fingerprint density at radius 1 is 1.29 bits per heavy atom. The summed E-state index contributed by atoms with van der Waals surface area (Å²) in [5, 5.41) is 0.733. The van der Waals surface area contributed by atoms with E-state index in [1.807, 2.05) is 36.2 Å². The lowest BCUT2D eigenvalue weighted by atomic mass is 9.94. The highest BCUT2D eigenvalue weighted by Crippen LogP contribution is 2.30. The number of hydrogen-bond acceptors (Lipinski definition) is 2. The molecule has 1 aromatic carbocycles. The molecular formula is C17H24ClNOS. The molecule has 1 aromatic rings. The minimum Gasteiger partial charge on any atom is -0.342 e. The van der Waals surface area contributed by atoms with Gasteiger partial charge in [-0.05, 0) is 43.5 Å². The van der Waals surface area contributed by atoms with Crippen LogP contribution in [0.5, 0.6) is 0 Å². The SMILES string of the molecule is CC[C@@H](Sc1ccc(Cl)cc1)C(=O)N(C)C1CCCCC1. The number of rotatable bonds is 5. The average Bonchev–Trinajstić information content (AvgIpc) is 2.54. The molecule has 0 aromatic heterocycles. The Balaban J connectivity index is 1.98. The molecule has 0 unspecified atom stereocenters. The van der Waals surface area contributed by atoms with Crippen molar-refractivity contribution in [2.24, 2.45) is 0 Å². The van der Waals surface area contributed by atoms with Gasteiger partial charge in [0.05, 0.1) is 5.25 Å². The number of hydrogen-bond donors (Lipinski definition) is 0. The van der Waals surface area contributed by atoms with Crippen molar-refractivity contribution in [3.05, 3.63) is 29.3 Å². The van der Waals surface area contributed by atoms with Crippen LogP contribution in [0.4, 0.5) is 0 Å². The van der Waals surface area contributed by atoms with Crippen molar-refractivity contribution in [2.75, 3.05) is 7.05 Å². The van der Waals surface area contributed by atoms with Crippen LogP contribution in [0, 0.1) is 0 Å². The maximum Gasteiger partial charge on any atom is 0.236 e. The molecule has 0 spiro atoms. The summed E-state index contributed by atoms with van der Waals surface area (Å²) in [5.74, 6) is 0.268. The number of thioether (sulfide) groups is 1. The van der Waals surface area contributed by atoms with E-state index in [0.717, 1.165) is 29.2 Å². The van der Waals surface area contributed by atoms with Crippen LogP contribution in [0.25, 0.3) is 0 Å². The molecule has 0 radical (unpaired) electrons. The smallest absolute Gasteiger partial charge is 0.236 e. The summed E-state index contributed by atoms with van der Waals surface area (Å²) in [6, 6.07) is 8.18. The van der Waals surface area contributed by atoms with Crippen LogP contribution < -0.4 is 0 Å². The van der Waals surface area contributed by atoms with Gasteiger partial charge in [0.15, 0.2) is 0 Å². The quantitative estimate of drug-likeness (QED) is 0.710. The van der Waals surface area contributed by atoms with Gasteiger partial charge in [-0.3, -0.25) is 4.79 Å². The largest absolute Gasteiger partial charge is 0.342 e. The Kier molecular flexibility index (Phi) is 6.43. The van der Waals surface area contributed by atoms with E-state index >= 15 is 0 Å². The first-order valence-corrected chi connectivity index (χ1v) is 9.06. The van der Waals surface area contributed by atoms with E-state index in [1.165, 1.54) is 19.3 Å². The van der Waals surface area contributed by atoms with Gasteiger partial charge >= 0.3 is 0 Å². The maximum absolute atomic E-state index is 12.7. The maximum atomic E-state index is 12.7. The molecular weight excluding hydrogens is 302 g/mol. The van der Waals surface area contributed by atoms with Gasteiger partial charge in [-0.25, -0.2) is 0 Å². The van der Waals surface area contributed by atoms with Gasteiger partial charge in [-0.15, -0.1) is 11.8 Å². The topological polar surface area (TPSA) is 20.3 Å². The monoisotopic (exact) mass is 325 g/mol. The second-order valence-corrected chi connectivity index (χ2v) is 7.42. The fourth-order valence-electron chi connectivity index (χ4n) is 2.86. The summed E-state index contributed by atoms with van der Waals surface area (Å²) in [6.07, 6.45) is 6.99. The van der Waals surface area contributed by atoms with E-state index in [0.29, 0.717) is 6.04 Å². The summed E-state index contributed by atoms with van der Waals surface area (Å²) in [4.78, 5) is 15.8. The zero-order valence-corrected chi connectivity index (χ0v) is 14.4. The fourth-order valence-corrected chi connectivity index (χ4v) is 4.04. The van der Waals surface area contributed by atoms with Crippen molar-refractivity contribution in [3.8, 4) is 0 Å². The molecule has 1 saturated carbocycles. The molecule has 2 nitrogen and oxygen atoms in total. The van der Waals surface area contributed by atoms with E-state index in [4.69, 9.17) is 11.6 Å². The van der Waals surface area contributed by atoms with Crippen molar-refractivity contribution in [3.63, 3.8) is 0 Å². The lowest BCUT2D eigenvalue weighted by molar-refractivity contribution is -0.132. The minimum atomic E-state index is -0.00176. The van der Waals surface area contributed by atoms with E-state index in [1.54, 1.807) is 11.8 Å². The molecule has 0 bridgehead atoms. The second kappa shape index (κ2) is 8.09. The first kappa shape index (κ1) is 16.7. The number of benzene rings is 1. The molecule has 1 amide bonds. The summed E-state index contributed by atoms with van der Waals surface area (Å²) in [6.45, 7) is 2.08. The van der Waals surface area contributed by atoms with Crippen LogP contribution >= 0.6 is 23.4 Å². The van der Waals surface area contributed by atoms with Gasteiger partial charge in [0.2, 0.25) is 5.91 Å². The Morgan fingerprint density at radius 3 is 2.48 bits per heavy atom. The van der Waals surface area contributed by atoms with E-state index in [-0.39, 0.29) is 11.2 Å². The van der Waals surface area contributed by atoms with Crippen LogP contribution in [0.1, 0.15) is 45.4 Å². The molecule has 0 N–H and O–H groups in total. The third kappa shape index (κ3) is 4.65. The number of carbonyl (C=O) groups is 1. The Labute approximate surface area is 137 Å². The summed E-state index contributed by atoms with van der Waals surface area (Å²) < 4.78 is 0. The zero-order chi connectivity index (χ0) is 15.2. The summed E-state index contributed by atoms with van der Waals surface area (Å²) in [5.41, 5.74) is 0. The Hall–Kier alpha value is -0.670.